The lowest BCUT2D eigenvalue weighted by atomic mass is 9.87. The third kappa shape index (κ3) is 8.38. The van der Waals surface area contributed by atoms with Gasteiger partial charge < -0.3 is 15.9 Å². The van der Waals surface area contributed by atoms with Crippen LogP contribution in [0.3, 0.4) is 0 Å². The molecule has 0 radical (unpaired) electrons. The number of aliphatic hydroxyl groups excluding tert-OH is 2. The topological polar surface area (TPSA) is 158 Å². The fraction of sp³-hybridized carbons (Fsp3) is 1.00. The van der Waals surface area contributed by atoms with Crippen molar-refractivity contribution in [2.45, 2.75) is 37.6 Å². The number of aliphatic hydroxyl groups is 2. The van der Waals surface area contributed by atoms with Gasteiger partial charge in [-0.25, -0.2) is 8.42 Å². The molecule has 0 aliphatic carbocycles. The molecule has 0 saturated carbocycles. The zero-order chi connectivity index (χ0) is 18.1. The van der Waals surface area contributed by atoms with Gasteiger partial charge in [-0.05, 0) is 38.6 Å². The van der Waals surface area contributed by atoms with Gasteiger partial charge >= 0.3 is 0 Å². The molecule has 0 aromatic carbocycles. The van der Waals surface area contributed by atoms with Gasteiger partial charge in [0, 0.05) is 25.3 Å². The fourth-order valence-corrected chi connectivity index (χ4v) is 4.74. The van der Waals surface area contributed by atoms with Crippen molar-refractivity contribution in [1.29, 1.82) is 0 Å². The van der Waals surface area contributed by atoms with Gasteiger partial charge in [0.25, 0.3) is 10.1 Å². The molecule has 5 N–H and O–H groups in total. The molecule has 0 fully saturated rings. The largest absolute Gasteiger partial charge is 0.396 e. The van der Waals surface area contributed by atoms with Crippen molar-refractivity contribution in [3.8, 4) is 0 Å². The lowest BCUT2D eigenvalue weighted by molar-refractivity contribution is 0.0926. The third-order valence-electron chi connectivity index (χ3n) is 3.71. The average molecular weight is 376 g/mol. The summed E-state index contributed by atoms with van der Waals surface area (Å²) in [5.74, 6) is -0.450. The van der Waals surface area contributed by atoms with E-state index < -0.39 is 31.4 Å². The van der Waals surface area contributed by atoms with E-state index in [0.29, 0.717) is 0 Å². The number of unbranched alkanes of at least 4 members (excludes halogenated alkanes) is 1. The first-order chi connectivity index (χ1) is 10.5. The Labute approximate surface area is 138 Å². The second kappa shape index (κ2) is 9.87. The highest BCUT2D eigenvalue weighted by Crippen LogP contribution is 2.30. The van der Waals surface area contributed by atoms with Crippen LogP contribution in [0.1, 0.15) is 32.1 Å². The number of sulfonamides is 1. The van der Waals surface area contributed by atoms with Crippen LogP contribution in [0.5, 0.6) is 0 Å². The number of nitrogens with zero attached hydrogens (tertiary/aromatic N) is 1. The molecule has 0 amide bonds. The highest BCUT2D eigenvalue weighted by molar-refractivity contribution is 7.88. The Kier molecular flexibility index (Phi) is 9.74. The summed E-state index contributed by atoms with van der Waals surface area (Å²) in [6.07, 6.45) is 1.85. The molecular weight excluding hydrogens is 348 g/mol. The number of nitrogens with two attached hydrogens (primary N) is 1. The Balaban J connectivity index is 5.29. The zero-order valence-corrected chi connectivity index (χ0v) is 15.0. The maximum Gasteiger partial charge on any atom is 0.264 e. The first-order valence-electron chi connectivity index (χ1n) is 7.37. The van der Waals surface area contributed by atoms with E-state index in [2.05, 4.69) is 0 Å². The first kappa shape index (κ1) is 22.7. The van der Waals surface area contributed by atoms with Crippen LogP contribution in [0.2, 0.25) is 0 Å². The molecule has 0 aromatic rings. The summed E-state index contributed by atoms with van der Waals surface area (Å²) < 4.78 is 55.6. The summed E-state index contributed by atoms with van der Waals surface area (Å²) in [6, 6.07) is 0. The number of rotatable bonds is 13. The average Bonchev–Trinajstić information content (AvgIpc) is 2.36. The van der Waals surface area contributed by atoms with Gasteiger partial charge in [0.2, 0.25) is 10.0 Å². The van der Waals surface area contributed by atoms with E-state index in [9.17, 15) is 27.0 Å². The highest BCUT2D eigenvalue weighted by atomic mass is 32.2. The Morgan fingerprint density at radius 3 is 1.87 bits per heavy atom. The predicted octanol–water partition coefficient (Wildman–Crippen LogP) is -1.23. The standard InChI is InChI=1S/C12H28N2O7S2/c1-22(17,18)14(8-2-3-11-23(19,20)21)12(4-7-13,5-9-15)6-10-16/h15-16H,2-11,13H2,1H3,(H,19,20,21). The minimum absolute atomic E-state index is 0.0222. The van der Waals surface area contributed by atoms with Crippen LogP contribution in [0, 0.1) is 0 Å². The zero-order valence-electron chi connectivity index (χ0n) is 13.4. The SMILES string of the molecule is CS(=O)(=O)N(CCCCS(=O)(=O)O)C(CCN)(CCO)CCO. The van der Waals surface area contributed by atoms with E-state index in [1.165, 1.54) is 4.31 Å². The molecule has 0 spiro atoms. The van der Waals surface area contributed by atoms with Crippen molar-refractivity contribution in [3.05, 3.63) is 0 Å². The Morgan fingerprint density at radius 2 is 1.52 bits per heavy atom. The molecule has 9 nitrogen and oxygen atoms in total. The smallest absolute Gasteiger partial charge is 0.264 e. The Bertz CT molecular complexity index is 517. The summed E-state index contributed by atoms with van der Waals surface area (Å²) >= 11 is 0. The molecule has 140 valence electrons. The first-order valence-corrected chi connectivity index (χ1v) is 10.8. The molecule has 0 aliphatic heterocycles. The van der Waals surface area contributed by atoms with Crippen molar-refractivity contribution >= 4 is 20.1 Å². The van der Waals surface area contributed by atoms with Crippen molar-refractivity contribution < 1.29 is 31.6 Å². The molecule has 0 aromatic heterocycles. The molecule has 0 unspecified atom stereocenters. The van der Waals surface area contributed by atoms with E-state index in [0.717, 1.165) is 6.26 Å². The molecule has 0 rings (SSSR count). The molecule has 0 atom stereocenters. The van der Waals surface area contributed by atoms with Crippen molar-refractivity contribution in [2.24, 2.45) is 5.73 Å². The van der Waals surface area contributed by atoms with Crippen molar-refractivity contribution in [1.82, 2.24) is 4.31 Å². The lowest BCUT2D eigenvalue weighted by Gasteiger charge is -2.42. The van der Waals surface area contributed by atoms with Gasteiger partial charge in [0.1, 0.15) is 0 Å². The van der Waals surface area contributed by atoms with Crippen LogP contribution in [-0.4, -0.2) is 79.8 Å². The van der Waals surface area contributed by atoms with E-state index in [1.54, 1.807) is 0 Å². The number of hydrogen-bond donors (Lipinski definition) is 4. The van der Waals surface area contributed by atoms with Gasteiger partial charge in [0.15, 0.2) is 0 Å². The molecule has 0 aliphatic rings. The fourth-order valence-electron chi connectivity index (χ4n) is 2.73. The van der Waals surface area contributed by atoms with Gasteiger partial charge in [-0.2, -0.15) is 12.7 Å². The van der Waals surface area contributed by atoms with Crippen LogP contribution >= 0.6 is 0 Å². The van der Waals surface area contributed by atoms with Crippen molar-refractivity contribution in [3.63, 3.8) is 0 Å². The lowest BCUT2D eigenvalue weighted by Crippen LogP contribution is -2.54. The van der Waals surface area contributed by atoms with Gasteiger partial charge in [-0.1, -0.05) is 0 Å². The van der Waals surface area contributed by atoms with E-state index >= 15 is 0 Å². The van der Waals surface area contributed by atoms with Gasteiger partial charge in [-0.3, -0.25) is 4.55 Å². The quantitative estimate of drug-likeness (QED) is 0.230. The van der Waals surface area contributed by atoms with Crippen LogP contribution in [0.15, 0.2) is 0 Å². The Morgan fingerprint density at radius 1 is 1.00 bits per heavy atom. The van der Waals surface area contributed by atoms with E-state index in [1.807, 2.05) is 0 Å². The minimum atomic E-state index is -4.09. The van der Waals surface area contributed by atoms with Crippen LogP contribution in [0.4, 0.5) is 0 Å². The molecule has 0 saturated heterocycles. The summed E-state index contributed by atoms with van der Waals surface area (Å²) in [7, 11) is -7.75. The summed E-state index contributed by atoms with van der Waals surface area (Å²) in [4.78, 5) is 0. The monoisotopic (exact) mass is 376 g/mol. The summed E-state index contributed by atoms with van der Waals surface area (Å²) in [5.41, 5.74) is 4.56. The minimum Gasteiger partial charge on any atom is -0.396 e. The number of hydrogen-bond acceptors (Lipinski definition) is 7. The highest BCUT2D eigenvalue weighted by Gasteiger charge is 2.40. The van der Waals surface area contributed by atoms with Crippen LogP contribution in [0.25, 0.3) is 0 Å². The molecule has 11 heteroatoms. The predicted molar refractivity (Wildman–Crippen MR) is 87.0 cm³/mol. The normalized spacial score (nSPS) is 13.7. The van der Waals surface area contributed by atoms with Gasteiger partial charge in [-0.15, -0.1) is 0 Å². The second-order valence-corrected chi connectivity index (χ2v) is 9.02. The molecule has 0 bridgehead atoms. The molecule has 23 heavy (non-hydrogen) atoms. The summed E-state index contributed by atoms with van der Waals surface area (Å²) in [5, 5.41) is 18.6. The molecule has 0 heterocycles. The second-order valence-electron chi connectivity index (χ2n) is 5.54. The van der Waals surface area contributed by atoms with Crippen LogP contribution in [-0.2, 0) is 20.1 Å². The van der Waals surface area contributed by atoms with E-state index in [-0.39, 0.29) is 58.4 Å². The summed E-state index contributed by atoms with van der Waals surface area (Å²) in [6.45, 7) is -0.334. The third-order valence-corrected chi connectivity index (χ3v) is 5.88. The van der Waals surface area contributed by atoms with Gasteiger partial charge in [0.05, 0.1) is 12.0 Å². The maximum atomic E-state index is 12.1. The molecular formula is C12H28N2O7S2. The maximum absolute atomic E-state index is 12.1. The Hall–Kier alpha value is -0.300. The van der Waals surface area contributed by atoms with E-state index in [4.69, 9.17) is 10.3 Å². The van der Waals surface area contributed by atoms with Crippen molar-refractivity contribution in [2.75, 3.05) is 38.3 Å². The van der Waals surface area contributed by atoms with Crippen LogP contribution < -0.4 is 5.73 Å².